The number of hydrogen-bond acceptors (Lipinski definition) is 3. The van der Waals surface area contributed by atoms with Crippen LogP contribution in [0.25, 0.3) is 0 Å². The van der Waals surface area contributed by atoms with Crippen LogP contribution < -0.4 is 0 Å². The van der Waals surface area contributed by atoms with Crippen molar-refractivity contribution in [3.05, 3.63) is 48.6 Å². The van der Waals surface area contributed by atoms with Crippen molar-refractivity contribution in [2.45, 2.75) is 12.3 Å². The molecule has 2 fully saturated rings. The maximum atomic E-state index is 9.68. The van der Waals surface area contributed by atoms with Crippen LogP contribution in [0.2, 0.25) is 0 Å². The van der Waals surface area contributed by atoms with Crippen molar-refractivity contribution in [3.63, 3.8) is 0 Å². The van der Waals surface area contributed by atoms with Gasteiger partial charge < -0.3 is 4.74 Å². The summed E-state index contributed by atoms with van der Waals surface area (Å²) in [6, 6.07) is 12.4. The molecule has 0 spiro atoms. The van der Waals surface area contributed by atoms with Crippen molar-refractivity contribution in [1.82, 2.24) is 0 Å². The molecule has 96 valence electrons. The van der Waals surface area contributed by atoms with Gasteiger partial charge in [-0.1, -0.05) is 36.4 Å². The topological polar surface area (TPSA) is 56.9 Å². The van der Waals surface area contributed by atoms with Gasteiger partial charge in [-0.2, -0.15) is 5.26 Å². The molecule has 1 saturated carbocycles. The highest BCUT2D eigenvalue weighted by molar-refractivity contribution is 5.86. The van der Waals surface area contributed by atoms with Crippen LogP contribution in [-0.2, 0) is 4.74 Å². The minimum Gasteiger partial charge on any atom is -0.480 e. The maximum absolute atomic E-state index is 9.68. The van der Waals surface area contributed by atoms with Gasteiger partial charge in [0.15, 0.2) is 0 Å². The number of nitriles is 1. The molecular weight excluding hydrogens is 236 g/mol. The van der Waals surface area contributed by atoms with E-state index in [2.05, 4.69) is 12.6 Å². The lowest BCUT2D eigenvalue weighted by Gasteiger charge is -2.36. The van der Waals surface area contributed by atoms with E-state index in [-0.39, 0.29) is 23.7 Å². The number of fused-ring (bicyclic) bond motifs is 2. The summed E-state index contributed by atoms with van der Waals surface area (Å²) in [5.41, 5.74) is 0.315. The van der Waals surface area contributed by atoms with Crippen molar-refractivity contribution in [2.24, 2.45) is 17.3 Å². The summed E-state index contributed by atoms with van der Waals surface area (Å²) >= 11 is 0. The van der Waals surface area contributed by atoms with Crippen LogP contribution in [0.1, 0.15) is 17.9 Å². The van der Waals surface area contributed by atoms with E-state index in [1.54, 1.807) is 0 Å². The first-order valence-electron chi connectivity index (χ1n) is 6.53. The molecule has 1 heterocycles. The van der Waals surface area contributed by atoms with Gasteiger partial charge in [0.1, 0.15) is 5.41 Å². The summed E-state index contributed by atoms with van der Waals surface area (Å²) in [7, 11) is 0. The lowest BCUT2D eigenvalue weighted by atomic mass is 9.71. The molecule has 4 atom stereocenters. The maximum Gasteiger partial charge on any atom is 0.202 e. The summed E-state index contributed by atoms with van der Waals surface area (Å²) < 4.78 is 5.46. The normalized spacial score (nSPS) is 36.4. The van der Waals surface area contributed by atoms with Crippen LogP contribution in [0, 0.1) is 34.0 Å². The molecule has 19 heavy (non-hydrogen) atoms. The zero-order valence-electron chi connectivity index (χ0n) is 10.7. The first-order chi connectivity index (χ1) is 9.23. The Kier molecular flexibility index (Phi) is 2.67. The van der Waals surface area contributed by atoms with Gasteiger partial charge in [0.25, 0.3) is 0 Å². The molecule has 1 aliphatic heterocycles. The average molecular weight is 252 g/mol. The highest BCUT2D eigenvalue weighted by atomic mass is 16.5. The fraction of sp³-hybridized carbons (Fsp3) is 0.375. The standard InChI is InChI=1S/C16H16N2O/c1-2-11-8-16(10-17)14(12-6-4-3-5-7-12)13(11)9-19-15(16)18/h2-7,11,13-14,18H,1,8-9H2/t11-,13+,14+,16+/m0/s1. The number of allylic oxidation sites excluding steroid dienone is 1. The van der Waals surface area contributed by atoms with Crippen LogP contribution in [-0.4, -0.2) is 12.5 Å². The van der Waals surface area contributed by atoms with Crippen LogP contribution in [0.3, 0.4) is 0 Å². The van der Waals surface area contributed by atoms with Crippen LogP contribution in [0.15, 0.2) is 43.0 Å². The van der Waals surface area contributed by atoms with E-state index in [0.717, 1.165) is 5.56 Å². The zero-order chi connectivity index (χ0) is 13.5. The Morgan fingerprint density at radius 3 is 2.79 bits per heavy atom. The van der Waals surface area contributed by atoms with E-state index in [1.165, 1.54) is 0 Å². The van der Waals surface area contributed by atoms with Gasteiger partial charge in [-0.05, 0) is 17.9 Å². The SMILES string of the molecule is C=C[C@H]1C[C@]2(C#N)C(=N)OC[C@H]1[C@H]2c1ccccc1. The molecule has 2 bridgehead atoms. The lowest BCUT2D eigenvalue weighted by Crippen LogP contribution is -2.41. The summed E-state index contributed by atoms with van der Waals surface area (Å²) in [4.78, 5) is 0. The van der Waals surface area contributed by atoms with E-state index in [0.29, 0.717) is 13.0 Å². The molecule has 0 unspecified atom stereocenters. The third kappa shape index (κ3) is 1.53. The zero-order valence-corrected chi connectivity index (χ0v) is 10.7. The third-order valence-corrected chi connectivity index (χ3v) is 4.55. The Morgan fingerprint density at radius 1 is 1.42 bits per heavy atom. The van der Waals surface area contributed by atoms with E-state index in [4.69, 9.17) is 10.1 Å². The number of hydrogen-bond donors (Lipinski definition) is 1. The monoisotopic (exact) mass is 252 g/mol. The second kappa shape index (κ2) is 4.24. The first kappa shape index (κ1) is 12.0. The van der Waals surface area contributed by atoms with Crippen molar-refractivity contribution >= 4 is 5.90 Å². The van der Waals surface area contributed by atoms with Crippen molar-refractivity contribution in [2.75, 3.05) is 6.61 Å². The molecule has 3 rings (SSSR count). The van der Waals surface area contributed by atoms with E-state index >= 15 is 0 Å². The van der Waals surface area contributed by atoms with Crippen LogP contribution in [0.4, 0.5) is 0 Å². The van der Waals surface area contributed by atoms with Gasteiger partial charge in [0, 0.05) is 11.8 Å². The van der Waals surface area contributed by atoms with E-state index in [9.17, 15) is 5.26 Å². The fourth-order valence-corrected chi connectivity index (χ4v) is 3.64. The number of nitrogens with zero attached hydrogens (tertiary/aromatic N) is 1. The van der Waals surface area contributed by atoms with Gasteiger partial charge in [0.2, 0.25) is 5.90 Å². The fourth-order valence-electron chi connectivity index (χ4n) is 3.64. The molecule has 1 aliphatic carbocycles. The smallest absolute Gasteiger partial charge is 0.202 e. The highest BCUT2D eigenvalue weighted by Gasteiger charge is 2.60. The summed E-state index contributed by atoms with van der Waals surface area (Å²) in [5, 5.41) is 17.8. The first-order valence-corrected chi connectivity index (χ1v) is 6.53. The molecule has 0 radical (unpaired) electrons. The molecule has 1 aromatic rings. The molecule has 1 aromatic carbocycles. The second-order valence-corrected chi connectivity index (χ2v) is 5.38. The Labute approximate surface area is 113 Å². The van der Waals surface area contributed by atoms with Crippen LogP contribution in [0.5, 0.6) is 0 Å². The Bertz CT molecular complexity index is 560. The summed E-state index contributed by atoms with van der Waals surface area (Å²) in [6.07, 6.45) is 2.57. The minimum absolute atomic E-state index is 0.0444. The predicted molar refractivity (Wildman–Crippen MR) is 72.7 cm³/mol. The molecule has 0 amide bonds. The molecule has 0 aromatic heterocycles. The number of benzene rings is 1. The van der Waals surface area contributed by atoms with E-state index < -0.39 is 5.41 Å². The van der Waals surface area contributed by atoms with Gasteiger partial charge in [-0.15, -0.1) is 6.58 Å². The third-order valence-electron chi connectivity index (χ3n) is 4.55. The van der Waals surface area contributed by atoms with Crippen molar-refractivity contribution in [3.8, 4) is 6.07 Å². The molecule has 3 heteroatoms. The van der Waals surface area contributed by atoms with Crippen LogP contribution >= 0.6 is 0 Å². The molecular formula is C16H16N2O. The Morgan fingerprint density at radius 2 is 2.16 bits per heavy atom. The lowest BCUT2D eigenvalue weighted by molar-refractivity contribution is 0.148. The quantitative estimate of drug-likeness (QED) is 0.822. The van der Waals surface area contributed by atoms with E-state index in [1.807, 2.05) is 36.4 Å². The number of nitrogens with one attached hydrogen (secondary N) is 1. The average Bonchev–Trinajstić information content (AvgIpc) is 2.73. The molecule has 2 aliphatic rings. The molecule has 1 N–H and O–H groups in total. The Balaban J connectivity index is 2.14. The largest absolute Gasteiger partial charge is 0.480 e. The Hall–Kier alpha value is -2.08. The summed E-state index contributed by atoms with van der Waals surface area (Å²) in [5.74, 6) is 0.661. The molecule has 3 nitrogen and oxygen atoms in total. The minimum atomic E-state index is -0.816. The van der Waals surface area contributed by atoms with Crippen molar-refractivity contribution in [1.29, 1.82) is 10.7 Å². The van der Waals surface area contributed by atoms with Gasteiger partial charge in [0.05, 0.1) is 12.7 Å². The summed E-state index contributed by atoms with van der Waals surface area (Å²) in [6.45, 7) is 4.40. The molecule has 1 saturated heterocycles. The van der Waals surface area contributed by atoms with Gasteiger partial charge in [-0.25, -0.2) is 0 Å². The number of rotatable bonds is 2. The predicted octanol–water partition coefficient (Wildman–Crippen LogP) is 3.11. The second-order valence-electron chi connectivity index (χ2n) is 5.38. The van der Waals surface area contributed by atoms with Gasteiger partial charge >= 0.3 is 0 Å². The highest BCUT2D eigenvalue weighted by Crippen LogP contribution is 2.58. The van der Waals surface area contributed by atoms with Gasteiger partial charge in [-0.3, -0.25) is 5.41 Å². The van der Waals surface area contributed by atoms with Crippen molar-refractivity contribution < 1.29 is 4.74 Å². The number of ether oxygens (including phenoxy) is 1.